The van der Waals surface area contributed by atoms with Gasteiger partial charge >= 0.3 is 0 Å². The van der Waals surface area contributed by atoms with Gasteiger partial charge in [0.1, 0.15) is 18.2 Å². The minimum atomic E-state index is -0.401. The number of rotatable bonds is 8. The van der Waals surface area contributed by atoms with E-state index in [0.29, 0.717) is 45.8 Å². The normalized spacial score (nSPS) is 10.7. The molecule has 0 unspecified atom stereocenters. The quantitative estimate of drug-likeness (QED) is 0.356. The largest absolute Gasteiger partial charge is 0.489 e. The highest BCUT2D eigenvalue weighted by Crippen LogP contribution is 2.39. The van der Waals surface area contributed by atoms with Crippen LogP contribution in [0.2, 0.25) is 0 Å². The summed E-state index contributed by atoms with van der Waals surface area (Å²) in [5, 5.41) is 3.57. The predicted octanol–water partition coefficient (Wildman–Crippen LogP) is 3.82. The van der Waals surface area contributed by atoms with E-state index in [-0.39, 0.29) is 18.1 Å². The number of carbonyl (C=O) groups excluding carboxylic acids is 1. The molecule has 0 saturated heterocycles. The van der Waals surface area contributed by atoms with E-state index in [2.05, 4.69) is 26.8 Å². The van der Waals surface area contributed by atoms with Gasteiger partial charge in [-0.2, -0.15) is 0 Å². The van der Waals surface area contributed by atoms with Gasteiger partial charge in [0, 0.05) is 30.7 Å². The Kier molecular flexibility index (Phi) is 6.21. The minimum absolute atomic E-state index is 0.207. The fraction of sp³-hybridized carbons (Fsp3) is 0.125. The van der Waals surface area contributed by atoms with E-state index in [1.54, 1.807) is 49.9 Å². The molecule has 0 radical (unpaired) electrons. The van der Waals surface area contributed by atoms with Crippen LogP contribution in [0.1, 0.15) is 0 Å². The summed E-state index contributed by atoms with van der Waals surface area (Å²) in [7, 11) is 1.66. The molecule has 1 amide bonds. The smallest absolute Gasteiger partial charge is 0.259 e. The summed E-state index contributed by atoms with van der Waals surface area (Å²) in [6, 6.07) is 9.48. The van der Waals surface area contributed by atoms with Crippen LogP contribution in [0.5, 0.6) is 5.75 Å². The van der Waals surface area contributed by atoms with Crippen molar-refractivity contribution < 1.29 is 13.9 Å². The number of H-pyrrole nitrogens is 2. The highest BCUT2D eigenvalue weighted by Gasteiger charge is 2.19. The van der Waals surface area contributed by atoms with Crippen molar-refractivity contribution in [2.24, 2.45) is 0 Å². The molecule has 0 saturated carbocycles. The summed E-state index contributed by atoms with van der Waals surface area (Å²) in [5.41, 5.74) is 2.51. The van der Waals surface area contributed by atoms with Crippen LogP contribution in [0.3, 0.4) is 0 Å². The third kappa shape index (κ3) is 4.62. The van der Waals surface area contributed by atoms with E-state index in [9.17, 15) is 14.0 Å². The molecule has 3 aromatic heterocycles. The Morgan fingerprint density at radius 2 is 2.18 bits per heavy atom. The van der Waals surface area contributed by atoms with Crippen molar-refractivity contribution in [2.75, 3.05) is 25.5 Å². The van der Waals surface area contributed by atoms with Crippen LogP contribution in [-0.2, 0) is 4.79 Å². The molecular formula is C24H22FN5O3. The Morgan fingerprint density at radius 1 is 1.33 bits per heavy atom. The van der Waals surface area contributed by atoms with Gasteiger partial charge in [0.25, 0.3) is 5.56 Å². The van der Waals surface area contributed by atoms with Crippen LogP contribution < -0.4 is 15.6 Å². The molecule has 0 atom stereocenters. The lowest BCUT2D eigenvalue weighted by Crippen LogP contribution is -2.29. The predicted molar refractivity (Wildman–Crippen MR) is 125 cm³/mol. The zero-order chi connectivity index (χ0) is 23.4. The number of aromatic nitrogens is 3. The maximum Gasteiger partial charge on any atom is 0.259 e. The second-order valence-electron chi connectivity index (χ2n) is 7.29. The number of amides is 1. The molecule has 4 aromatic rings. The Bertz CT molecular complexity index is 1380. The summed E-state index contributed by atoms with van der Waals surface area (Å²) < 4.78 is 19.7. The molecular weight excluding hydrogens is 425 g/mol. The Hall–Kier alpha value is -4.40. The number of fused-ring (bicyclic) bond motifs is 1. The first kappa shape index (κ1) is 21.8. The first-order chi connectivity index (χ1) is 16.0. The molecule has 168 valence electrons. The van der Waals surface area contributed by atoms with Crippen LogP contribution in [0.4, 0.5) is 15.8 Å². The number of hydrogen-bond acceptors (Lipinski definition) is 5. The first-order valence-corrected chi connectivity index (χ1v) is 10.2. The molecule has 8 nitrogen and oxygen atoms in total. The third-order valence-electron chi connectivity index (χ3n) is 5.10. The van der Waals surface area contributed by atoms with Gasteiger partial charge in [-0.15, -0.1) is 0 Å². The first-order valence-electron chi connectivity index (χ1n) is 10.2. The number of halogens is 1. The molecule has 33 heavy (non-hydrogen) atoms. The van der Waals surface area contributed by atoms with Crippen LogP contribution in [0.15, 0.2) is 72.4 Å². The maximum atomic E-state index is 13.8. The molecule has 3 N–H and O–H groups in total. The number of aromatic amines is 2. The van der Waals surface area contributed by atoms with Crippen LogP contribution in [-0.4, -0.2) is 46.0 Å². The van der Waals surface area contributed by atoms with E-state index in [4.69, 9.17) is 4.74 Å². The molecule has 0 aliphatic carbocycles. The van der Waals surface area contributed by atoms with Crippen molar-refractivity contribution in [3.63, 3.8) is 0 Å². The van der Waals surface area contributed by atoms with Crippen molar-refractivity contribution in [3.8, 4) is 17.0 Å². The molecule has 0 aliphatic heterocycles. The van der Waals surface area contributed by atoms with Crippen molar-refractivity contribution in [1.82, 2.24) is 19.9 Å². The number of hydrogen-bond donors (Lipinski definition) is 3. The van der Waals surface area contributed by atoms with Gasteiger partial charge in [0.2, 0.25) is 5.91 Å². The van der Waals surface area contributed by atoms with Crippen molar-refractivity contribution in [2.45, 2.75) is 0 Å². The number of nitrogens with one attached hydrogen (secondary N) is 3. The number of anilines is 2. The standard InChI is InChI=1S/C24H22FN5O3/c1-3-20(31)30(2)11-12-33-19-14-26-9-7-17(19)22-23(28-16-6-4-5-15(25)13-16)21-18(29-22)8-10-27-24(21)32/h3-10,13-14,28-29H,1,11-12H2,2H3,(H,27,32). The molecule has 3 heterocycles. The minimum Gasteiger partial charge on any atom is -0.489 e. The summed E-state index contributed by atoms with van der Waals surface area (Å²) in [6.45, 7) is 4.05. The average Bonchev–Trinajstić information content (AvgIpc) is 3.18. The van der Waals surface area contributed by atoms with Crippen molar-refractivity contribution in [3.05, 3.63) is 83.8 Å². The van der Waals surface area contributed by atoms with E-state index >= 15 is 0 Å². The second-order valence-corrected chi connectivity index (χ2v) is 7.29. The van der Waals surface area contributed by atoms with E-state index in [0.717, 1.165) is 0 Å². The number of likely N-dealkylation sites (N-methyl/N-ethyl adjacent to an activating group) is 1. The van der Waals surface area contributed by atoms with Crippen molar-refractivity contribution >= 4 is 28.2 Å². The summed E-state index contributed by atoms with van der Waals surface area (Å²) >= 11 is 0. The van der Waals surface area contributed by atoms with Gasteiger partial charge in [-0.1, -0.05) is 12.6 Å². The fourth-order valence-electron chi connectivity index (χ4n) is 3.45. The second kappa shape index (κ2) is 9.39. The number of nitrogens with zero attached hydrogens (tertiary/aromatic N) is 2. The molecule has 0 fully saturated rings. The SMILES string of the molecule is C=CC(=O)N(C)CCOc1cnccc1-c1[nH]c2cc[nH]c(=O)c2c1Nc1cccc(F)c1. The lowest BCUT2D eigenvalue weighted by atomic mass is 10.1. The molecule has 0 aliphatic rings. The number of carbonyl (C=O) groups is 1. The van der Waals surface area contributed by atoms with Gasteiger partial charge in [0.05, 0.1) is 35.0 Å². The van der Waals surface area contributed by atoms with E-state index in [1.165, 1.54) is 23.1 Å². The van der Waals surface area contributed by atoms with E-state index < -0.39 is 5.82 Å². The van der Waals surface area contributed by atoms with Gasteiger partial charge in [-0.25, -0.2) is 4.39 Å². The van der Waals surface area contributed by atoms with E-state index in [1.807, 2.05) is 0 Å². The molecule has 0 bridgehead atoms. The van der Waals surface area contributed by atoms with Gasteiger partial charge in [0.15, 0.2) is 0 Å². The Morgan fingerprint density at radius 3 is 2.97 bits per heavy atom. The number of pyridine rings is 2. The third-order valence-corrected chi connectivity index (χ3v) is 5.10. The molecule has 0 spiro atoms. The lowest BCUT2D eigenvalue weighted by Gasteiger charge is -2.17. The number of ether oxygens (including phenoxy) is 1. The Labute approximate surface area is 188 Å². The van der Waals surface area contributed by atoms with Gasteiger partial charge in [-0.3, -0.25) is 14.6 Å². The summed E-state index contributed by atoms with van der Waals surface area (Å²) in [4.78, 5) is 35.9. The average molecular weight is 447 g/mol. The monoisotopic (exact) mass is 447 g/mol. The van der Waals surface area contributed by atoms with Crippen LogP contribution in [0.25, 0.3) is 22.2 Å². The van der Waals surface area contributed by atoms with Crippen LogP contribution >= 0.6 is 0 Å². The molecule has 9 heteroatoms. The van der Waals surface area contributed by atoms with Gasteiger partial charge in [-0.05, 0) is 36.4 Å². The lowest BCUT2D eigenvalue weighted by molar-refractivity contribution is -0.125. The Balaban J connectivity index is 1.74. The maximum absolute atomic E-state index is 13.8. The highest BCUT2D eigenvalue weighted by molar-refractivity contribution is 6.02. The molecule has 1 aromatic carbocycles. The summed E-state index contributed by atoms with van der Waals surface area (Å²) in [5.74, 6) is -0.148. The fourth-order valence-corrected chi connectivity index (χ4v) is 3.45. The number of benzene rings is 1. The van der Waals surface area contributed by atoms with Gasteiger partial charge < -0.3 is 24.9 Å². The zero-order valence-corrected chi connectivity index (χ0v) is 17.9. The van der Waals surface area contributed by atoms with Crippen molar-refractivity contribution in [1.29, 1.82) is 0 Å². The highest BCUT2D eigenvalue weighted by atomic mass is 19.1. The zero-order valence-electron chi connectivity index (χ0n) is 17.9. The summed E-state index contributed by atoms with van der Waals surface area (Å²) in [6.07, 6.45) is 5.96. The topological polar surface area (TPSA) is 103 Å². The van der Waals surface area contributed by atoms with Crippen LogP contribution in [0, 0.1) is 5.82 Å². The molecule has 4 rings (SSSR count).